The van der Waals surface area contributed by atoms with Gasteiger partial charge in [-0.05, 0) is 30.0 Å². The van der Waals surface area contributed by atoms with E-state index in [0.29, 0.717) is 11.7 Å². The zero-order chi connectivity index (χ0) is 20.3. The van der Waals surface area contributed by atoms with Crippen molar-refractivity contribution in [1.29, 1.82) is 0 Å². The molecule has 0 heterocycles. The van der Waals surface area contributed by atoms with E-state index in [2.05, 4.69) is 13.8 Å². The fourth-order valence-corrected chi connectivity index (χ4v) is 2.35. The molecule has 0 aliphatic heterocycles. The molecule has 2 nitrogen and oxygen atoms in total. The Morgan fingerprint density at radius 2 is 1.22 bits per heavy atom. The van der Waals surface area contributed by atoms with Crippen LogP contribution in [-0.4, -0.2) is 6.29 Å². The van der Waals surface area contributed by atoms with Crippen molar-refractivity contribution in [3.05, 3.63) is 58.9 Å². The summed E-state index contributed by atoms with van der Waals surface area (Å²) in [5.74, 6) is -11.5. The molecule has 0 aliphatic rings. The van der Waals surface area contributed by atoms with Gasteiger partial charge in [0.15, 0.2) is 0 Å². The van der Waals surface area contributed by atoms with Gasteiger partial charge in [0.1, 0.15) is 5.75 Å². The third-order valence-corrected chi connectivity index (χ3v) is 4.26. The van der Waals surface area contributed by atoms with Crippen molar-refractivity contribution in [3.63, 3.8) is 0 Å². The van der Waals surface area contributed by atoms with Crippen LogP contribution in [0.1, 0.15) is 45.6 Å². The summed E-state index contributed by atoms with van der Waals surface area (Å²) in [6.07, 6.45) is -0.300. The maximum absolute atomic E-state index is 13.8. The molecule has 2 atom stereocenters. The van der Waals surface area contributed by atoms with Crippen LogP contribution in [0.3, 0.4) is 0 Å². The number of ether oxygens (including phenoxy) is 2. The van der Waals surface area contributed by atoms with Crippen LogP contribution in [0.5, 0.6) is 11.5 Å². The molecule has 148 valence electrons. The zero-order valence-corrected chi connectivity index (χ0v) is 15.5. The van der Waals surface area contributed by atoms with E-state index in [-0.39, 0.29) is 0 Å². The molecule has 0 N–H and O–H groups in total. The van der Waals surface area contributed by atoms with E-state index in [1.165, 1.54) is 0 Å². The Kier molecular flexibility index (Phi) is 6.68. The summed E-state index contributed by atoms with van der Waals surface area (Å²) >= 11 is 0. The Morgan fingerprint density at radius 1 is 0.741 bits per heavy atom. The lowest BCUT2D eigenvalue weighted by atomic mass is 9.99. The lowest BCUT2D eigenvalue weighted by Gasteiger charge is -2.24. The minimum Gasteiger partial charge on any atom is -0.455 e. The normalized spacial score (nSPS) is 13.6. The molecular weight excluding hydrogens is 367 g/mol. The van der Waals surface area contributed by atoms with Gasteiger partial charge in [-0.3, -0.25) is 0 Å². The van der Waals surface area contributed by atoms with Crippen LogP contribution in [0.25, 0.3) is 0 Å². The smallest absolute Gasteiger partial charge is 0.243 e. The van der Waals surface area contributed by atoms with Gasteiger partial charge in [0.25, 0.3) is 0 Å². The van der Waals surface area contributed by atoms with Crippen molar-refractivity contribution in [2.45, 2.75) is 46.3 Å². The van der Waals surface area contributed by atoms with Gasteiger partial charge in [-0.1, -0.05) is 39.8 Å². The van der Waals surface area contributed by atoms with Gasteiger partial charge >= 0.3 is 0 Å². The summed E-state index contributed by atoms with van der Waals surface area (Å²) < 4.78 is 78.2. The van der Waals surface area contributed by atoms with E-state index in [4.69, 9.17) is 9.47 Å². The fourth-order valence-electron chi connectivity index (χ4n) is 2.35. The van der Waals surface area contributed by atoms with E-state index >= 15 is 0 Å². The topological polar surface area (TPSA) is 18.5 Å². The van der Waals surface area contributed by atoms with E-state index < -0.39 is 47.0 Å². The van der Waals surface area contributed by atoms with Crippen molar-refractivity contribution in [2.24, 2.45) is 5.92 Å². The quantitative estimate of drug-likeness (QED) is 0.239. The molecule has 7 heteroatoms. The van der Waals surface area contributed by atoms with E-state index in [1.807, 2.05) is 12.1 Å². The zero-order valence-electron chi connectivity index (χ0n) is 15.5. The molecule has 2 rings (SSSR count). The highest BCUT2D eigenvalue weighted by atomic mass is 19.2. The Balaban J connectivity index is 2.27. The third kappa shape index (κ3) is 4.51. The third-order valence-electron chi connectivity index (χ3n) is 4.26. The second kappa shape index (κ2) is 8.59. The Labute approximate surface area is 154 Å². The van der Waals surface area contributed by atoms with Gasteiger partial charge in [0.2, 0.25) is 41.1 Å². The molecule has 2 aromatic rings. The summed E-state index contributed by atoms with van der Waals surface area (Å²) in [5, 5.41) is 0. The van der Waals surface area contributed by atoms with E-state index in [9.17, 15) is 22.0 Å². The maximum Gasteiger partial charge on any atom is 0.243 e. The molecule has 0 aliphatic carbocycles. The largest absolute Gasteiger partial charge is 0.455 e. The average Bonchev–Trinajstić information content (AvgIpc) is 2.66. The lowest BCUT2D eigenvalue weighted by molar-refractivity contribution is -0.0356. The predicted molar refractivity (Wildman–Crippen MR) is 91.3 cm³/mol. The van der Waals surface area contributed by atoms with Crippen molar-refractivity contribution in [2.75, 3.05) is 0 Å². The molecule has 27 heavy (non-hydrogen) atoms. The lowest BCUT2D eigenvalue weighted by Crippen LogP contribution is -2.31. The summed E-state index contributed by atoms with van der Waals surface area (Å²) in [6, 6.07) is 7.02. The molecule has 2 aromatic carbocycles. The first-order valence-electron chi connectivity index (χ1n) is 8.62. The van der Waals surface area contributed by atoms with Crippen molar-refractivity contribution >= 4 is 0 Å². The average molecular weight is 388 g/mol. The van der Waals surface area contributed by atoms with Crippen molar-refractivity contribution < 1.29 is 31.4 Å². The van der Waals surface area contributed by atoms with Crippen LogP contribution >= 0.6 is 0 Å². The summed E-state index contributed by atoms with van der Waals surface area (Å²) in [6.45, 7) is 7.38. The highest BCUT2D eigenvalue weighted by Crippen LogP contribution is 2.31. The van der Waals surface area contributed by atoms with Crippen LogP contribution in [-0.2, 0) is 0 Å². The Hall–Kier alpha value is -2.31. The van der Waals surface area contributed by atoms with Crippen LogP contribution in [0.2, 0.25) is 0 Å². The fraction of sp³-hybridized carbons (Fsp3) is 0.400. The first-order chi connectivity index (χ1) is 12.7. The Morgan fingerprint density at radius 3 is 1.67 bits per heavy atom. The molecule has 0 spiro atoms. The molecule has 0 saturated carbocycles. The highest BCUT2D eigenvalue weighted by Gasteiger charge is 2.30. The molecule has 0 saturated heterocycles. The first-order valence-corrected chi connectivity index (χ1v) is 8.62. The first kappa shape index (κ1) is 21.0. The van der Waals surface area contributed by atoms with Crippen LogP contribution in [0, 0.1) is 35.0 Å². The van der Waals surface area contributed by atoms with Gasteiger partial charge in [-0.2, -0.15) is 8.78 Å². The molecule has 0 fully saturated rings. The number of hydrogen-bond donors (Lipinski definition) is 0. The van der Waals surface area contributed by atoms with E-state index in [1.54, 1.807) is 26.0 Å². The second-order valence-electron chi connectivity index (χ2n) is 6.63. The standard InChI is InChI=1S/C20H21F5O2/c1-5-11(4)12-6-8-13(9-7-12)26-20(10(2)3)27-19-17(24)15(22)14(21)16(23)18(19)25/h6-11,20H,5H2,1-4H3. The molecule has 0 bridgehead atoms. The van der Waals surface area contributed by atoms with Crippen molar-refractivity contribution in [3.8, 4) is 11.5 Å². The van der Waals surface area contributed by atoms with Crippen LogP contribution in [0.4, 0.5) is 22.0 Å². The van der Waals surface area contributed by atoms with Crippen molar-refractivity contribution in [1.82, 2.24) is 0 Å². The second-order valence-corrected chi connectivity index (χ2v) is 6.63. The number of rotatable bonds is 7. The van der Waals surface area contributed by atoms with Crippen LogP contribution in [0.15, 0.2) is 24.3 Å². The number of hydrogen-bond acceptors (Lipinski definition) is 2. The number of halogens is 5. The molecule has 0 radical (unpaired) electrons. The molecule has 0 amide bonds. The maximum atomic E-state index is 13.8. The minimum absolute atomic E-state index is 0.351. The molecular formula is C20H21F5O2. The van der Waals surface area contributed by atoms with Gasteiger partial charge in [-0.15, -0.1) is 0 Å². The minimum atomic E-state index is -2.24. The van der Waals surface area contributed by atoms with Crippen LogP contribution < -0.4 is 9.47 Å². The van der Waals surface area contributed by atoms with Gasteiger partial charge in [0.05, 0.1) is 0 Å². The SMILES string of the molecule is CCC(C)c1ccc(OC(Oc2c(F)c(F)c(F)c(F)c2F)C(C)C)cc1. The Bertz CT molecular complexity index is 761. The van der Waals surface area contributed by atoms with Gasteiger partial charge in [-0.25, -0.2) is 13.2 Å². The molecule has 0 aromatic heterocycles. The van der Waals surface area contributed by atoms with Gasteiger partial charge < -0.3 is 9.47 Å². The monoisotopic (exact) mass is 388 g/mol. The number of benzene rings is 2. The summed E-state index contributed by atoms with van der Waals surface area (Å²) in [7, 11) is 0. The molecule has 2 unspecified atom stereocenters. The van der Waals surface area contributed by atoms with Gasteiger partial charge in [0, 0.05) is 5.92 Å². The summed E-state index contributed by atoms with van der Waals surface area (Å²) in [4.78, 5) is 0. The summed E-state index contributed by atoms with van der Waals surface area (Å²) in [5.41, 5.74) is 1.09. The highest BCUT2D eigenvalue weighted by molar-refractivity contribution is 5.31. The van der Waals surface area contributed by atoms with E-state index in [0.717, 1.165) is 12.0 Å². The predicted octanol–water partition coefficient (Wildman–Crippen LogP) is 6.34.